The SMILES string of the molecule is CCc1c(O)[nH]c(=O)c(C#N)c1OC(C)=O. The van der Waals surface area contributed by atoms with E-state index in [-0.39, 0.29) is 22.8 Å². The molecule has 0 aliphatic carbocycles. The molecule has 6 heteroatoms. The van der Waals surface area contributed by atoms with E-state index in [0.717, 1.165) is 6.92 Å². The molecule has 0 atom stereocenters. The summed E-state index contributed by atoms with van der Waals surface area (Å²) in [6.45, 7) is 2.85. The van der Waals surface area contributed by atoms with Crippen LogP contribution < -0.4 is 10.3 Å². The molecule has 1 aromatic heterocycles. The molecule has 0 aliphatic heterocycles. The highest BCUT2D eigenvalue weighted by molar-refractivity contribution is 5.71. The molecular formula is C10H10N2O4. The number of pyridine rings is 1. The Bertz CT molecular complexity index is 525. The van der Waals surface area contributed by atoms with Gasteiger partial charge in [-0.15, -0.1) is 0 Å². The minimum Gasteiger partial charge on any atom is -0.494 e. The molecule has 0 spiro atoms. The van der Waals surface area contributed by atoms with E-state index >= 15 is 0 Å². The van der Waals surface area contributed by atoms with E-state index in [2.05, 4.69) is 4.98 Å². The van der Waals surface area contributed by atoms with Crippen molar-refractivity contribution in [2.45, 2.75) is 20.3 Å². The summed E-state index contributed by atoms with van der Waals surface area (Å²) in [6, 6.07) is 1.64. The minimum atomic E-state index is -0.784. The highest BCUT2D eigenvalue weighted by Crippen LogP contribution is 2.27. The van der Waals surface area contributed by atoms with Gasteiger partial charge in [0, 0.05) is 6.92 Å². The predicted octanol–water partition coefficient (Wildman–Crippen LogP) is 0.440. The molecule has 1 heterocycles. The lowest BCUT2D eigenvalue weighted by Crippen LogP contribution is -2.16. The normalized spacial score (nSPS) is 9.56. The molecule has 0 bridgehead atoms. The Morgan fingerprint density at radius 1 is 1.62 bits per heavy atom. The molecule has 6 nitrogen and oxygen atoms in total. The number of aromatic hydroxyl groups is 1. The first-order valence-corrected chi connectivity index (χ1v) is 4.57. The highest BCUT2D eigenvalue weighted by Gasteiger charge is 2.18. The number of aromatic nitrogens is 1. The van der Waals surface area contributed by atoms with E-state index in [1.165, 1.54) is 0 Å². The topological polar surface area (TPSA) is 103 Å². The van der Waals surface area contributed by atoms with Crippen LogP contribution in [0.5, 0.6) is 11.6 Å². The molecule has 16 heavy (non-hydrogen) atoms. The Labute approximate surface area is 91.1 Å². The lowest BCUT2D eigenvalue weighted by molar-refractivity contribution is -0.131. The lowest BCUT2D eigenvalue weighted by Gasteiger charge is -2.09. The Morgan fingerprint density at radius 2 is 2.25 bits per heavy atom. The maximum Gasteiger partial charge on any atom is 0.308 e. The van der Waals surface area contributed by atoms with Gasteiger partial charge >= 0.3 is 5.97 Å². The van der Waals surface area contributed by atoms with Crippen LogP contribution in [0.15, 0.2) is 4.79 Å². The van der Waals surface area contributed by atoms with Crippen molar-refractivity contribution in [3.63, 3.8) is 0 Å². The smallest absolute Gasteiger partial charge is 0.308 e. The number of ether oxygens (including phenoxy) is 1. The van der Waals surface area contributed by atoms with E-state index < -0.39 is 11.5 Å². The van der Waals surface area contributed by atoms with Gasteiger partial charge in [0.2, 0.25) is 0 Å². The minimum absolute atomic E-state index is 0.168. The number of esters is 1. The number of nitrogens with one attached hydrogen (secondary N) is 1. The van der Waals surface area contributed by atoms with Crippen LogP contribution in [0.4, 0.5) is 0 Å². The summed E-state index contributed by atoms with van der Waals surface area (Å²) in [4.78, 5) is 24.3. The van der Waals surface area contributed by atoms with Crippen molar-refractivity contribution in [1.29, 1.82) is 5.26 Å². The average Bonchev–Trinajstić information content (AvgIpc) is 2.17. The summed E-state index contributed by atoms with van der Waals surface area (Å²) in [5.41, 5.74) is -0.871. The molecule has 84 valence electrons. The Morgan fingerprint density at radius 3 is 2.69 bits per heavy atom. The Kier molecular flexibility index (Phi) is 3.30. The fraction of sp³-hybridized carbons (Fsp3) is 0.300. The van der Waals surface area contributed by atoms with Gasteiger partial charge in [0.1, 0.15) is 6.07 Å². The molecular weight excluding hydrogens is 212 g/mol. The van der Waals surface area contributed by atoms with Crippen LogP contribution in [0.1, 0.15) is 25.0 Å². The van der Waals surface area contributed by atoms with Gasteiger partial charge in [0.05, 0.1) is 5.56 Å². The first kappa shape index (κ1) is 11.8. The lowest BCUT2D eigenvalue weighted by atomic mass is 10.1. The van der Waals surface area contributed by atoms with Crippen LogP contribution in [0.2, 0.25) is 0 Å². The molecule has 0 unspecified atom stereocenters. The quantitative estimate of drug-likeness (QED) is 0.706. The van der Waals surface area contributed by atoms with Gasteiger partial charge < -0.3 is 9.84 Å². The standard InChI is InChI=1S/C10H10N2O4/c1-3-6-8(16-5(2)13)7(4-11)10(15)12-9(6)14/h3H2,1-2H3,(H2,12,14,15). The second kappa shape index (κ2) is 4.49. The zero-order valence-corrected chi connectivity index (χ0v) is 8.83. The van der Waals surface area contributed by atoms with Crippen molar-refractivity contribution in [2.75, 3.05) is 0 Å². The van der Waals surface area contributed by atoms with E-state index in [9.17, 15) is 14.7 Å². The zero-order chi connectivity index (χ0) is 12.3. The largest absolute Gasteiger partial charge is 0.494 e. The van der Waals surface area contributed by atoms with Crippen molar-refractivity contribution in [3.05, 3.63) is 21.5 Å². The summed E-state index contributed by atoms with van der Waals surface area (Å²) in [5, 5.41) is 18.2. The van der Waals surface area contributed by atoms with Crippen molar-refractivity contribution >= 4 is 5.97 Å². The van der Waals surface area contributed by atoms with Crippen LogP contribution in [0.25, 0.3) is 0 Å². The number of nitriles is 1. The molecule has 0 saturated carbocycles. The summed E-state index contributed by atoms with van der Waals surface area (Å²) in [5.74, 6) is -1.21. The molecule has 0 amide bonds. The average molecular weight is 222 g/mol. The number of rotatable bonds is 2. The number of aromatic amines is 1. The van der Waals surface area contributed by atoms with E-state index in [1.54, 1.807) is 13.0 Å². The van der Waals surface area contributed by atoms with Gasteiger partial charge in [-0.1, -0.05) is 6.92 Å². The van der Waals surface area contributed by atoms with Crippen molar-refractivity contribution in [1.82, 2.24) is 4.98 Å². The van der Waals surface area contributed by atoms with Crippen LogP contribution in [0, 0.1) is 11.3 Å². The Hall–Kier alpha value is -2.29. The molecule has 0 aromatic carbocycles. The third kappa shape index (κ3) is 2.03. The molecule has 0 radical (unpaired) electrons. The van der Waals surface area contributed by atoms with Gasteiger partial charge in [-0.05, 0) is 6.42 Å². The maximum atomic E-state index is 11.3. The van der Waals surface area contributed by atoms with Gasteiger partial charge in [0.25, 0.3) is 5.56 Å². The van der Waals surface area contributed by atoms with Crippen LogP contribution in [-0.2, 0) is 11.2 Å². The molecule has 0 aliphatic rings. The number of hydrogen-bond donors (Lipinski definition) is 2. The molecule has 0 saturated heterocycles. The van der Waals surface area contributed by atoms with Gasteiger partial charge in [-0.3, -0.25) is 14.6 Å². The van der Waals surface area contributed by atoms with E-state index in [1.807, 2.05) is 0 Å². The molecule has 1 rings (SSSR count). The number of carbonyl (C=O) groups excluding carboxylic acids is 1. The first-order valence-electron chi connectivity index (χ1n) is 4.57. The van der Waals surface area contributed by atoms with Crippen LogP contribution >= 0.6 is 0 Å². The molecule has 1 aromatic rings. The summed E-state index contributed by atoms with van der Waals surface area (Å²) in [7, 11) is 0. The van der Waals surface area contributed by atoms with Crippen molar-refractivity contribution < 1.29 is 14.6 Å². The second-order valence-corrected chi connectivity index (χ2v) is 3.04. The predicted molar refractivity (Wildman–Crippen MR) is 54.1 cm³/mol. The second-order valence-electron chi connectivity index (χ2n) is 3.04. The number of H-pyrrole nitrogens is 1. The highest BCUT2D eigenvalue weighted by atomic mass is 16.5. The Balaban J connectivity index is 3.56. The zero-order valence-electron chi connectivity index (χ0n) is 8.83. The van der Waals surface area contributed by atoms with Gasteiger partial charge in [-0.25, -0.2) is 0 Å². The summed E-state index contributed by atoms with van der Waals surface area (Å²) >= 11 is 0. The van der Waals surface area contributed by atoms with E-state index in [0.29, 0.717) is 6.42 Å². The fourth-order valence-corrected chi connectivity index (χ4v) is 1.29. The van der Waals surface area contributed by atoms with Crippen LogP contribution in [0.3, 0.4) is 0 Å². The number of carbonyl (C=O) groups is 1. The summed E-state index contributed by atoms with van der Waals surface area (Å²) in [6.07, 6.45) is 0.319. The monoisotopic (exact) mass is 222 g/mol. The first-order chi connectivity index (χ1) is 7.51. The third-order valence-electron chi connectivity index (χ3n) is 1.96. The van der Waals surface area contributed by atoms with Crippen molar-refractivity contribution in [3.8, 4) is 17.7 Å². The van der Waals surface area contributed by atoms with E-state index in [4.69, 9.17) is 10.00 Å². The molecule has 0 fully saturated rings. The maximum absolute atomic E-state index is 11.3. The van der Waals surface area contributed by atoms with Gasteiger partial charge in [-0.2, -0.15) is 5.26 Å². The van der Waals surface area contributed by atoms with Gasteiger partial charge in [0.15, 0.2) is 17.2 Å². The third-order valence-corrected chi connectivity index (χ3v) is 1.96. The van der Waals surface area contributed by atoms with Crippen molar-refractivity contribution in [2.24, 2.45) is 0 Å². The number of nitrogens with zero attached hydrogens (tertiary/aromatic N) is 1. The molecule has 2 N–H and O–H groups in total. The number of hydrogen-bond acceptors (Lipinski definition) is 5. The summed E-state index contributed by atoms with van der Waals surface area (Å²) < 4.78 is 4.78. The van der Waals surface area contributed by atoms with Crippen LogP contribution in [-0.4, -0.2) is 16.1 Å². The fourth-order valence-electron chi connectivity index (χ4n) is 1.29.